The third-order valence-corrected chi connectivity index (χ3v) is 4.92. The van der Waals surface area contributed by atoms with Crippen LogP contribution in [0.25, 0.3) is 0 Å². The number of hydrogen-bond donors (Lipinski definition) is 2. The van der Waals surface area contributed by atoms with E-state index in [1.54, 1.807) is 24.3 Å². The van der Waals surface area contributed by atoms with Crippen LogP contribution in [-0.4, -0.2) is 29.8 Å². The Labute approximate surface area is 179 Å². The highest BCUT2D eigenvalue weighted by Crippen LogP contribution is 2.29. The van der Waals surface area contributed by atoms with Gasteiger partial charge in [-0.1, -0.05) is 23.7 Å². The lowest BCUT2D eigenvalue weighted by atomic mass is 10.1. The molecular formula is C22H23ClFN3O3. The zero-order valence-corrected chi connectivity index (χ0v) is 17.7. The highest BCUT2D eigenvalue weighted by atomic mass is 35.5. The Hall–Kier alpha value is -2.93. The summed E-state index contributed by atoms with van der Waals surface area (Å²) in [6.07, 6.45) is 0.0111. The Bertz CT molecular complexity index is 1000. The van der Waals surface area contributed by atoms with E-state index in [1.807, 2.05) is 20.8 Å². The molecular weight excluding hydrogens is 409 g/mol. The fourth-order valence-electron chi connectivity index (χ4n) is 3.22. The van der Waals surface area contributed by atoms with Gasteiger partial charge in [0.05, 0.1) is 22.2 Å². The average Bonchev–Trinajstić information content (AvgIpc) is 3.05. The summed E-state index contributed by atoms with van der Waals surface area (Å²) >= 11 is 5.81. The Morgan fingerprint density at radius 1 is 1.17 bits per heavy atom. The SMILES string of the molecule is CC(C)(C)NC(=O)c1ccccc1NC(=O)C1CC(=O)N(c2ccc(F)c(Cl)c2)C1. The molecule has 2 aromatic carbocycles. The first-order chi connectivity index (χ1) is 14.0. The highest BCUT2D eigenvalue weighted by molar-refractivity contribution is 6.31. The monoisotopic (exact) mass is 431 g/mol. The Kier molecular flexibility index (Phi) is 6.12. The van der Waals surface area contributed by atoms with Crippen LogP contribution in [0.15, 0.2) is 42.5 Å². The van der Waals surface area contributed by atoms with Crippen LogP contribution in [0.1, 0.15) is 37.6 Å². The first kappa shape index (κ1) is 21.8. The summed E-state index contributed by atoms with van der Waals surface area (Å²) in [6, 6.07) is 10.7. The molecule has 1 aliphatic rings. The number of nitrogens with zero attached hydrogens (tertiary/aromatic N) is 1. The van der Waals surface area contributed by atoms with Crippen molar-refractivity contribution in [3.63, 3.8) is 0 Å². The Morgan fingerprint density at radius 3 is 2.53 bits per heavy atom. The smallest absolute Gasteiger partial charge is 0.253 e. The molecule has 1 aliphatic heterocycles. The lowest BCUT2D eigenvalue weighted by Crippen LogP contribution is -2.41. The van der Waals surface area contributed by atoms with Crippen molar-refractivity contribution in [3.8, 4) is 0 Å². The number of hydrogen-bond acceptors (Lipinski definition) is 3. The minimum atomic E-state index is -0.611. The number of carbonyl (C=O) groups is 3. The Morgan fingerprint density at radius 2 is 1.87 bits per heavy atom. The molecule has 6 nitrogen and oxygen atoms in total. The van der Waals surface area contributed by atoms with Crippen molar-refractivity contribution in [3.05, 3.63) is 58.9 Å². The standard InChI is InChI=1S/C22H23ClFN3O3/c1-22(2,3)26-21(30)15-6-4-5-7-18(15)25-20(29)13-10-19(28)27(12-13)14-8-9-17(24)16(23)11-14/h4-9,11,13H,10,12H2,1-3H3,(H,25,29)(H,26,30). The zero-order valence-electron chi connectivity index (χ0n) is 17.0. The van der Waals surface area contributed by atoms with Crippen molar-refractivity contribution in [2.75, 3.05) is 16.8 Å². The van der Waals surface area contributed by atoms with Gasteiger partial charge in [0.1, 0.15) is 5.82 Å². The van der Waals surface area contributed by atoms with Gasteiger partial charge in [-0.2, -0.15) is 0 Å². The maximum atomic E-state index is 13.4. The van der Waals surface area contributed by atoms with Gasteiger partial charge < -0.3 is 15.5 Å². The Balaban J connectivity index is 1.74. The summed E-state index contributed by atoms with van der Waals surface area (Å²) in [4.78, 5) is 39.2. The zero-order chi connectivity index (χ0) is 22.1. The summed E-state index contributed by atoms with van der Waals surface area (Å²) in [5, 5.41) is 5.55. The maximum Gasteiger partial charge on any atom is 0.253 e. The van der Waals surface area contributed by atoms with Gasteiger partial charge in [-0.25, -0.2) is 4.39 Å². The third-order valence-electron chi connectivity index (χ3n) is 4.63. The third kappa shape index (κ3) is 4.97. The number of carbonyl (C=O) groups excluding carboxylic acids is 3. The predicted molar refractivity (Wildman–Crippen MR) is 114 cm³/mol. The van der Waals surface area contributed by atoms with Crippen LogP contribution >= 0.6 is 11.6 Å². The number of rotatable bonds is 4. The van der Waals surface area contributed by atoms with Crippen LogP contribution < -0.4 is 15.5 Å². The number of benzene rings is 2. The van der Waals surface area contributed by atoms with Crippen molar-refractivity contribution in [2.45, 2.75) is 32.7 Å². The summed E-state index contributed by atoms with van der Waals surface area (Å²) in [5.41, 5.74) is 0.724. The normalized spacial score (nSPS) is 16.5. The molecule has 0 aromatic heterocycles. The molecule has 0 saturated carbocycles. The van der Waals surface area contributed by atoms with E-state index in [9.17, 15) is 18.8 Å². The van der Waals surface area contributed by atoms with Gasteiger partial charge in [0.2, 0.25) is 11.8 Å². The van der Waals surface area contributed by atoms with Crippen molar-refractivity contribution < 1.29 is 18.8 Å². The quantitative estimate of drug-likeness (QED) is 0.768. The van der Waals surface area contributed by atoms with Crippen molar-refractivity contribution in [2.24, 2.45) is 5.92 Å². The van der Waals surface area contributed by atoms with Crippen LogP contribution in [0.5, 0.6) is 0 Å². The second kappa shape index (κ2) is 8.44. The molecule has 1 atom stereocenters. The highest BCUT2D eigenvalue weighted by Gasteiger charge is 2.35. The molecule has 1 heterocycles. The largest absolute Gasteiger partial charge is 0.347 e. The fourth-order valence-corrected chi connectivity index (χ4v) is 3.39. The molecule has 3 amide bonds. The van der Waals surface area contributed by atoms with E-state index in [1.165, 1.54) is 23.1 Å². The minimum Gasteiger partial charge on any atom is -0.347 e. The number of nitrogens with one attached hydrogen (secondary N) is 2. The molecule has 158 valence electrons. The van der Waals surface area contributed by atoms with Crippen molar-refractivity contribution >= 4 is 40.7 Å². The van der Waals surface area contributed by atoms with Crippen LogP contribution in [0, 0.1) is 11.7 Å². The van der Waals surface area contributed by atoms with Gasteiger partial charge in [0, 0.05) is 24.2 Å². The van der Waals surface area contributed by atoms with E-state index in [0.29, 0.717) is 16.9 Å². The molecule has 2 N–H and O–H groups in total. The van der Waals surface area contributed by atoms with Gasteiger partial charge >= 0.3 is 0 Å². The van der Waals surface area contributed by atoms with Gasteiger partial charge in [-0.3, -0.25) is 14.4 Å². The molecule has 0 aliphatic carbocycles. The molecule has 0 bridgehead atoms. The van der Waals surface area contributed by atoms with E-state index < -0.39 is 17.3 Å². The van der Waals surface area contributed by atoms with Crippen molar-refractivity contribution in [1.82, 2.24) is 5.32 Å². The van der Waals surface area contributed by atoms with E-state index in [-0.39, 0.29) is 35.7 Å². The van der Waals surface area contributed by atoms with E-state index >= 15 is 0 Å². The number of para-hydroxylation sites is 1. The first-order valence-electron chi connectivity index (χ1n) is 9.53. The molecule has 0 spiro atoms. The molecule has 2 aromatic rings. The lowest BCUT2D eigenvalue weighted by molar-refractivity contribution is -0.122. The van der Waals surface area contributed by atoms with Gasteiger partial charge in [0.15, 0.2) is 0 Å². The lowest BCUT2D eigenvalue weighted by Gasteiger charge is -2.22. The van der Waals surface area contributed by atoms with Crippen LogP contribution in [0.3, 0.4) is 0 Å². The van der Waals surface area contributed by atoms with Gasteiger partial charge in [-0.15, -0.1) is 0 Å². The predicted octanol–water partition coefficient (Wildman–Crippen LogP) is 4.00. The summed E-state index contributed by atoms with van der Waals surface area (Å²) < 4.78 is 13.4. The molecule has 1 fully saturated rings. The summed E-state index contributed by atoms with van der Waals surface area (Å²) in [6.45, 7) is 5.74. The van der Waals surface area contributed by atoms with Crippen LogP contribution in [0.4, 0.5) is 15.8 Å². The minimum absolute atomic E-state index is 0.0111. The second-order valence-corrected chi connectivity index (χ2v) is 8.65. The first-order valence-corrected chi connectivity index (χ1v) is 9.91. The molecule has 1 unspecified atom stereocenters. The molecule has 30 heavy (non-hydrogen) atoms. The van der Waals surface area contributed by atoms with Gasteiger partial charge in [-0.05, 0) is 51.1 Å². The van der Waals surface area contributed by atoms with E-state index in [2.05, 4.69) is 10.6 Å². The molecule has 0 radical (unpaired) electrons. The average molecular weight is 432 g/mol. The van der Waals surface area contributed by atoms with Crippen LogP contribution in [0.2, 0.25) is 5.02 Å². The fraction of sp³-hybridized carbons (Fsp3) is 0.318. The number of anilines is 2. The second-order valence-electron chi connectivity index (χ2n) is 8.24. The topological polar surface area (TPSA) is 78.5 Å². The number of halogens is 2. The molecule has 1 saturated heterocycles. The summed E-state index contributed by atoms with van der Waals surface area (Å²) in [5.74, 6) is -2.11. The molecule has 3 rings (SSSR count). The number of amides is 3. The maximum absolute atomic E-state index is 13.4. The van der Waals surface area contributed by atoms with E-state index in [0.717, 1.165) is 0 Å². The van der Waals surface area contributed by atoms with Gasteiger partial charge in [0.25, 0.3) is 5.91 Å². The van der Waals surface area contributed by atoms with Crippen LogP contribution in [-0.2, 0) is 9.59 Å². The van der Waals surface area contributed by atoms with E-state index in [4.69, 9.17) is 11.6 Å². The summed E-state index contributed by atoms with van der Waals surface area (Å²) in [7, 11) is 0. The molecule has 8 heteroatoms. The van der Waals surface area contributed by atoms with Crippen molar-refractivity contribution in [1.29, 1.82) is 0 Å².